The fraction of sp³-hybridized carbons (Fsp3) is 0.0455. The maximum atomic E-state index is 11.7. The van der Waals surface area contributed by atoms with E-state index >= 15 is 0 Å². The smallest absolute Gasteiger partial charge is 0.248 e. The van der Waals surface area contributed by atoms with E-state index in [1.165, 1.54) is 12.1 Å². The van der Waals surface area contributed by atoms with E-state index < -0.39 is 15.9 Å². The number of carbonyl (C=O) groups is 1. The maximum absolute atomic E-state index is 11.7. The highest BCUT2D eigenvalue weighted by Gasteiger charge is 2.14. The van der Waals surface area contributed by atoms with Crippen LogP contribution < -0.4 is 16.2 Å². The van der Waals surface area contributed by atoms with Crippen molar-refractivity contribution in [3.63, 3.8) is 0 Å². The number of nitrogens with two attached hydrogens (primary N) is 2. The van der Waals surface area contributed by atoms with Gasteiger partial charge in [-0.15, -0.1) is 10.2 Å². The molecule has 1 amide bonds. The third-order valence-corrected chi connectivity index (χ3v) is 5.84. The van der Waals surface area contributed by atoms with E-state index in [0.29, 0.717) is 22.8 Å². The van der Waals surface area contributed by atoms with Gasteiger partial charge in [0.05, 0.1) is 4.90 Å². The van der Waals surface area contributed by atoms with Crippen LogP contribution in [0.2, 0.25) is 0 Å². The molecule has 0 aliphatic heterocycles. The minimum absolute atomic E-state index is 0.0222. The number of anilines is 2. The summed E-state index contributed by atoms with van der Waals surface area (Å²) < 4.78 is 22.9. The second-order valence-corrected chi connectivity index (χ2v) is 8.59. The van der Waals surface area contributed by atoms with Crippen LogP contribution in [-0.2, 0) is 10.0 Å². The van der Waals surface area contributed by atoms with Crippen LogP contribution in [0.5, 0.6) is 0 Å². The van der Waals surface area contributed by atoms with Gasteiger partial charge in [0, 0.05) is 27.6 Å². The fourth-order valence-corrected chi connectivity index (χ4v) is 3.82. The van der Waals surface area contributed by atoms with Gasteiger partial charge in [0.25, 0.3) is 0 Å². The third kappa shape index (κ3) is 4.09. The molecule has 31 heavy (non-hydrogen) atoms. The average molecular weight is 433 g/mol. The Morgan fingerprint density at radius 3 is 2.26 bits per heavy atom. The first kappa shape index (κ1) is 20.5. The van der Waals surface area contributed by atoms with Gasteiger partial charge >= 0.3 is 0 Å². The lowest BCUT2D eigenvalue weighted by molar-refractivity contribution is 0.0999. The summed E-state index contributed by atoms with van der Waals surface area (Å²) in [6.45, 7) is 1.82. The summed E-state index contributed by atoms with van der Waals surface area (Å²) in [4.78, 5) is 11.8. The van der Waals surface area contributed by atoms with Gasteiger partial charge in [-0.1, -0.05) is 36.4 Å². The molecule has 1 aromatic heterocycles. The number of rotatable bonds is 5. The van der Waals surface area contributed by atoms with Crippen LogP contribution in [-0.4, -0.2) is 24.5 Å². The van der Waals surface area contributed by atoms with Crippen LogP contribution >= 0.6 is 0 Å². The number of hydrogen-bond donors (Lipinski definition) is 3. The molecule has 0 unspecified atom stereocenters. The molecule has 0 spiro atoms. The van der Waals surface area contributed by atoms with Crippen LogP contribution in [0, 0.1) is 6.92 Å². The van der Waals surface area contributed by atoms with E-state index in [0.717, 1.165) is 21.9 Å². The minimum atomic E-state index is -3.76. The van der Waals surface area contributed by atoms with Crippen molar-refractivity contribution >= 4 is 38.2 Å². The van der Waals surface area contributed by atoms with Crippen molar-refractivity contribution in [3.8, 4) is 11.3 Å². The van der Waals surface area contributed by atoms with Crippen LogP contribution in [0.1, 0.15) is 15.9 Å². The van der Waals surface area contributed by atoms with Crippen LogP contribution in [0.3, 0.4) is 0 Å². The SMILES string of the molecule is Cc1ccc(-c2nnc(Nc3ccc(S(N)(=O)=O)cc3)c3ccccc23)cc1C(N)=O. The lowest BCUT2D eigenvalue weighted by atomic mass is 9.99. The van der Waals surface area contributed by atoms with Gasteiger partial charge in [0.1, 0.15) is 5.69 Å². The first-order valence-electron chi connectivity index (χ1n) is 9.30. The number of benzene rings is 3. The quantitative estimate of drug-likeness (QED) is 0.442. The summed E-state index contributed by atoms with van der Waals surface area (Å²) in [5.41, 5.74) is 8.69. The zero-order chi connectivity index (χ0) is 22.2. The summed E-state index contributed by atoms with van der Waals surface area (Å²) in [5.74, 6) is 0.00258. The molecule has 156 valence electrons. The Bertz CT molecular complexity index is 1420. The largest absolute Gasteiger partial charge is 0.366 e. The van der Waals surface area contributed by atoms with Gasteiger partial charge in [0.15, 0.2) is 5.82 Å². The molecule has 0 saturated heterocycles. The molecule has 0 fully saturated rings. The Morgan fingerprint density at radius 2 is 1.61 bits per heavy atom. The van der Waals surface area contributed by atoms with Crippen molar-refractivity contribution < 1.29 is 13.2 Å². The molecule has 8 nitrogen and oxygen atoms in total. The van der Waals surface area contributed by atoms with Crippen molar-refractivity contribution in [2.75, 3.05) is 5.32 Å². The van der Waals surface area contributed by atoms with Crippen molar-refractivity contribution in [2.24, 2.45) is 10.9 Å². The summed E-state index contributed by atoms with van der Waals surface area (Å²) >= 11 is 0. The van der Waals surface area contributed by atoms with E-state index in [1.54, 1.807) is 18.2 Å². The molecule has 1 heterocycles. The highest BCUT2D eigenvalue weighted by Crippen LogP contribution is 2.32. The topological polar surface area (TPSA) is 141 Å². The van der Waals surface area contributed by atoms with Gasteiger partial charge in [0.2, 0.25) is 15.9 Å². The number of nitrogens with zero attached hydrogens (tertiary/aromatic N) is 2. The first-order valence-corrected chi connectivity index (χ1v) is 10.8. The predicted octanol–water partition coefficient (Wildman–Crippen LogP) is 3.10. The van der Waals surface area contributed by atoms with Crippen molar-refractivity contribution in [1.82, 2.24) is 10.2 Å². The number of carbonyl (C=O) groups excluding carboxylic acids is 1. The summed E-state index contributed by atoms with van der Waals surface area (Å²) in [6.07, 6.45) is 0. The van der Waals surface area contributed by atoms with Gasteiger partial charge in [-0.05, 0) is 42.8 Å². The highest BCUT2D eigenvalue weighted by atomic mass is 32.2. The molecule has 4 rings (SSSR count). The molecular weight excluding hydrogens is 414 g/mol. The van der Waals surface area contributed by atoms with Crippen LogP contribution in [0.15, 0.2) is 71.6 Å². The van der Waals surface area contributed by atoms with Gasteiger partial charge < -0.3 is 11.1 Å². The standard InChI is InChI=1S/C22H19N5O3S/c1-13-6-7-14(12-19(13)21(23)28)20-17-4-2-3-5-18(17)22(27-26-20)25-15-8-10-16(11-9-15)31(24,29)30/h2-12H,1H3,(H2,23,28)(H,25,27)(H2,24,29,30). The molecule has 9 heteroatoms. The molecule has 5 N–H and O–H groups in total. The predicted molar refractivity (Wildman–Crippen MR) is 119 cm³/mol. The van der Waals surface area contributed by atoms with E-state index in [-0.39, 0.29) is 4.90 Å². The minimum Gasteiger partial charge on any atom is -0.366 e. The molecule has 0 bridgehead atoms. The molecule has 0 atom stereocenters. The normalized spacial score (nSPS) is 11.4. The number of fused-ring (bicyclic) bond motifs is 1. The van der Waals surface area contributed by atoms with Crippen molar-refractivity contribution in [3.05, 3.63) is 77.9 Å². The summed E-state index contributed by atoms with van der Waals surface area (Å²) in [5, 5.41) is 18.7. The molecule has 0 aliphatic carbocycles. The number of nitrogens with one attached hydrogen (secondary N) is 1. The zero-order valence-electron chi connectivity index (χ0n) is 16.5. The first-order chi connectivity index (χ1) is 14.7. The lowest BCUT2D eigenvalue weighted by Crippen LogP contribution is -2.12. The zero-order valence-corrected chi connectivity index (χ0v) is 17.3. The highest BCUT2D eigenvalue weighted by molar-refractivity contribution is 7.89. The maximum Gasteiger partial charge on any atom is 0.248 e. The van der Waals surface area contributed by atoms with Crippen molar-refractivity contribution in [2.45, 2.75) is 11.8 Å². The number of aryl methyl sites for hydroxylation is 1. The fourth-order valence-electron chi connectivity index (χ4n) is 3.31. The molecule has 0 saturated carbocycles. The van der Waals surface area contributed by atoms with Crippen LogP contribution in [0.4, 0.5) is 11.5 Å². The third-order valence-electron chi connectivity index (χ3n) is 4.91. The number of sulfonamides is 1. The Kier molecular flexibility index (Phi) is 5.14. The average Bonchev–Trinajstić information content (AvgIpc) is 2.74. The van der Waals surface area contributed by atoms with E-state index in [4.69, 9.17) is 10.9 Å². The Labute approximate surface area is 179 Å². The van der Waals surface area contributed by atoms with E-state index in [2.05, 4.69) is 15.5 Å². The Morgan fingerprint density at radius 1 is 0.935 bits per heavy atom. The van der Waals surface area contributed by atoms with Gasteiger partial charge in [-0.25, -0.2) is 13.6 Å². The van der Waals surface area contributed by atoms with Crippen molar-refractivity contribution in [1.29, 1.82) is 0 Å². The summed E-state index contributed by atoms with van der Waals surface area (Å²) in [7, 11) is -3.76. The molecule has 0 radical (unpaired) electrons. The van der Waals surface area contributed by atoms with E-state index in [9.17, 15) is 13.2 Å². The monoisotopic (exact) mass is 433 g/mol. The molecule has 4 aromatic rings. The summed E-state index contributed by atoms with van der Waals surface area (Å²) in [6, 6.07) is 19.0. The Balaban J connectivity index is 1.77. The van der Waals surface area contributed by atoms with Gasteiger partial charge in [-0.2, -0.15) is 0 Å². The number of hydrogen-bond acceptors (Lipinski definition) is 6. The second-order valence-electron chi connectivity index (χ2n) is 7.03. The van der Waals surface area contributed by atoms with Gasteiger partial charge in [-0.3, -0.25) is 4.79 Å². The molecule has 3 aromatic carbocycles. The number of aromatic nitrogens is 2. The molecular formula is C22H19N5O3S. The van der Waals surface area contributed by atoms with Crippen LogP contribution in [0.25, 0.3) is 22.0 Å². The second kappa shape index (κ2) is 7.78. The lowest BCUT2D eigenvalue weighted by Gasteiger charge is -2.12. The number of primary amides is 1. The van der Waals surface area contributed by atoms with E-state index in [1.807, 2.05) is 43.3 Å². The number of primary sulfonamides is 1. The Hall–Kier alpha value is -3.82. The number of amides is 1. The molecule has 0 aliphatic rings.